The van der Waals surface area contributed by atoms with E-state index >= 15 is 0 Å². The summed E-state index contributed by atoms with van der Waals surface area (Å²) < 4.78 is 13.0. The Bertz CT molecular complexity index is 1400. The fourth-order valence-electron chi connectivity index (χ4n) is 3.91. The van der Waals surface area contributed by atoms with Crippen LogP contribution >= 0.6 is 0 Å². The predicted molar refractivity (Wildman–Crippen MR) is 119 cm³/mol. The van der Waals surface area contributed by atoms with Crippen molar-refractivity contribution in [2.24, 2.45) is 0 Å². The zero-order valence-corrected chi connectivity index (χ0v) is 17.8. The number of hydrogen-bond donors (Lipinski definition) is 1. The van der Waals surface area contributed by atoms with Crippen molar-refractivity contribution in [3.05, 3.63) is 81.0 Å². The Morgan fingerprint density at radius 2 is 2.00 bits per heavy atom. The van der Waals surface area contributed by atoms with Crippen LogP contribution in [0.25, 0.3) is 11.0 Å². The first kappa shape index (κ1) is 20.0. The predicted octanol–water partition coefficient (Wildman–Crippen LogP) is 3.51. The Balaban J connectivity index is 1.32. The van der Waals surface area contributed by atoms with Gasteiger partial charge in [-0.2, -0.15) is 0 Å². The van der Waals surface area contributed by atoms with Crippen molar-refractivity contribution in [3.8, 4) is 5.75 Å². The first-order chi connectivity index (χ1) is 15.5. The normalized spacial score (nSPS) is 13.1. The van der Waals surface area contributed by atoms with Gasteiger partial charge in [-0.25, -0.2) is 9.48 Å². The molecule has 8 heteroatoms. The van der Waals surface area contributed by atoms with Gasteiger partial charge in [-0.15, -0.1) is 5.10 Å². The van der Waals surface area contributed by atoms with Crippen LogP contribution in [0.5, 0.6) is 5.75 Å². The molecule has 1 aliphatic rings. The number of anilines is 1. The van der Waals surface area contributed by atoms with E-state index in [1.165, 1.54) is 6.07 Å². The summed E-state index contributed by atoms with van der Waals surface area (Å²) in [5.41, 5.74) is 5.62. The fourth-order valence-corrected chi connectivity index (χ4v) is 3.91. The molecule has 162 valence electrons. The molecular formula is C24H22N4O4. The standard InChI is InChI=1S/C24H22N4O4/c1-14-3-7-20-17(9-23(30)32-24(20)15(14)2)11-28-12-18(26-27-28)13-31-19-6-4-16-5-8-22(29)25-21(16)10-19/h3-4,6-7,9-10,12H,5,8,11,13H2,1-2H3,(H,25,29). The second kappa shape index (κ2) is 7.96. The molecule has 0 bridgehead atoms. The molecule has 0 radical (unpaired) electrons. The highest BCUT2D eigenvalue weighted by atomic mass is 16.5. The van der Waals surface area contributed by atoms with Gasteiger partial charge in [0.05, 0.1) is 12.7 Å². The Hall–Kier alpha value is -3.94. The van der Waals surface area contributed by atoms with Crippen LogP contribution in [0, 0.1) is 13.8 Å². The second-order valence-electron chi connectivity index (χ2n) is 8.04. The van der Waals surface area contributed by atoms with Gasteiger partial charge in [0.2, 0.25) is 5.91 Å². The van der Waals surface area contributed by atoms with Crippen LogP contribution in [-0.2, 0) is 24.4 Å². The Morgan fingerprint density at radius 1 is 1.12 bits per heavy atom. The molecule has 0 fully saturated rings. The molecule has 0 saturated heterocycles. The third-order valence-corrected chi connectivity index (χ3v) is 5.80. The zero-order valence-electron chi connectivity index (χ0n) is 17.8. The van der Waals surface area contributed by atoms with Gasteiger partial charge in [0, 0.05) is 29.6 Å². The van der Waals surface area contributed by atoms with E-state index in [0.29, 0.717) is 30.0 Å². The molecule has 4 aromatic rings. The minimum atomic E-state index is -0.385. The number of rotatable bonds is 5. The number of carbonyl (C=O) groups excluding carboxylic acids is 1. The van der Waals surface area contributed by atoms with Crippen LogP contribution in [-0.4, -0.2) is 20.9 Å². The maximum Gasteiger partial charge on any atom is 0.336 e. The van der Waals surface area contributed by atoms with E-state index in [-0.39, 0.29) is 18.1 Å². The summed E-state index contributed by atoms with van der Waals surface area (Å²) in [6, 6.07) is 11.2. The highest BCUT2D eigenvalue weighted by Crippen LogP contribution is 2.27. The van der Waals surface area contributed by atoms with Crippen molar-refractivity contribution in [1.82, 2.24) is 15.0 Å². The lowest BCUT2D eigenvalue weighted by atomic mass is 10.0. The Morgan fingerprint density at radius 3 is 2.88 bits per heavy atom. The van der Waals surface area contributed by atoms with Gasteiger partial charge in [0.1, 0.15) is 23.6 Å². The summed E-state index contributed by atoms with van der Waals surface area (Å²) in [5.74, 6) is 0.670. The number of amides is 1. The average Bonchev–Trinajstić information content (AvgIpc) is 3.22. The summed E-state index contributed by atoms with van der Waals surface area (Å²) in [4.78, 5) is 23.7. The van der Waals surface area contributed by atoms with E-state index in [4.69, 9.17) is 9.15 Å². The summed E-state index contributed by atoms with van der Waals surface area (Å²) in [7, 11) is 0. The molecule has 1 N–H and O–H groups in total. The molecule has 1 aliphatic heterocycles. The van der Waals surface area contributed by atoms with Gasteiger partial charge < -0.3 is 14.5 Å². The number of benzene rings is 2. The van der Waals surface area contributed by atoms with Gasteiger partial charge >= 0.3 is 5.63 Å². The molecule has 2 aromatic heterocycles. The van der Waals surface area contributed by atoms with E-state index in [0.717, 1.165) is 39.7 Å². The van der Waals surface area contributed by atoms with E-state index < -0.39 is 0 Å². The minimum Gasteiger partial charge on any atom is -0.487 e. The Labute approximate surface area is 183 Å². The molecule has 0 spiro atoms. The number of aryl methyl sites for hydroxylation is 3. The number of ether oxygens (including phenoxy) is 1. The number of carbonyl (C=O) groups is 1. The summed E-state index contributed by atoms with van der Waals surface area (Å²) >= 11 is 0. The molecule has 32 heavy (non-hydrogen) atoms. The summed E-state index contributed by atoms with van der Waals surface area (Å²) in [6.07, 6.45) is 3.04. The molecule has 8 nitrogen and oxygen atoms in total. The molecule has 1 amide bonds. The summed E-state index contributed by atoms with van der Waals surface area (Å²) in [6.45, 7) is 4.56. The van der Waals surface area contributed by atoms with Crippen molar-refractivity contribution in [2.45, 2.75) is 39.8 Å². The lowest BCUT2D eigenvalue weighted by molar-refractivity contribution is -0.116. The molecule has 0 atom stereocenters. The maximum absolute atomic E-state index is 12.1. The highest BCUT2D eigenvalue weighted by molar-refractivity contribution is 5.94. The van der Waals surface area contributed by atoms with Gasteiger partial charge in [-0.05, 0) is 48.6 Å². The molecule has 0 aliphatic carbocycles. The van der Waals surface area contributed by atoms with Crippen LogP contribution in [0.2, 0.25) is 0 Å². The van der Waals surface area contributed by atoms with Crippen LogP contribution in [0.15, 0.2) is 51.8 Å². The van der Waals surface area contributed by atoms with Crippen molar-refractivity contribution in [2.75, 3.05) is 5.32 Å². The molecule has 5 rings (SSSR count). The van der Waals surface area contributed by atoms with Crippen molar-refractivity contribution in [1.29, 1.82) is 0 Å². The number of fused-ring (bicyclic) bond motifs is 2. The largest absolute Gasteiger partial charge is 0.487 e. The van der Waals surface area contributed by atoms with Crippen LogP contribution < -0.4 is 15.7 Å². The zero-order chi connectivity index (χ0) is 22.2. The van der Waals surface area contributed by atoms with Crippen LogP contribution in [0.1, 0.15) is 34.4 Å². The SMILES string of the molecule is Cc1ccc2c(Cn3cc(COc4ccc5c(c4)NC(=O)CC5)nn3)cc(=O)oc2c1C. The first-order valence-electron chi connectivity index (χ1n) is 10.4. The lowest BCUT2D eigenvalue weighted by Gasteiger charge is -2.17. The van der Waals surface area contributed by atoms with Crippen molar-refractivity contribution < 1.29 is 13.9 Å². The fraction of sp³-hybridized carbons (Fsp3) is 0.250. The van der Waals surface area contributed by atoms with E-state index in [1.54, 1.807) is 10.9 Å². The molecule has 0 unspecified atom stereocenters. The second-order valence-corrected chi connectivity index (χ2v) is 8.04. The quantitative estimate of drug-likeness (QED) is 0.487. The van der Waals surface area contributed by atoms with Gasteiger partial charge in [0.25, 0.3) is 0 Å². The van der Waals surface area contributed by atoms with E-state index in [2.05, 4.69) is 15.6 Å². The first-order valence-corrected chi connectivity index (χ1v) is 10.4. The number of nitrogens with zero attached hydrogens (tertiary/aromatic N) is 3. The molecule has 2 aromatic carbocycles. The highest BCUT2D eigenvalue weighted by Gasteiger charge is 2.15. The van der Waals surface area contributed by atoms with Gasteiger partial charge in [-0.1, -0.05) is 23.4 Å². The smallest absolute Gasteiger partial charge is 0.336 e. The molecule has 3 heterocycles. The lowest BCUT2D eigenvalue weighted by Crippen LogP contribution is -2.18. The van der Waals surface area contributed by atoms with Crippen LogP contribution in [0.4, 0.5) is 5.69 Å². The van der Waals surface area contributed by atoms with Gasteiger partial charge in [-0.3, -0.25) is 4.79 Å². The number of aromatic nitrogens is 3. The molecule has 0 saturated carbocycles. The van der Waals surface area contributed by atoms with Crippen LogP contribution in [0.3, 0.4) is 0 Å². The van der Waals surface area contributed by atoms with Gasteiger partial charge in [0.15, 0.2) is 0 Å². The van der Waals surface area contributed by atoms with Crippen molar-refractivity contribution >= 4 is 22.6 Å². The van der Waals surface area contributed by atoms with Crippen molar-refractivity contribution in [3.63, 3.8) is 0 Å². The Kier molecular flexibility index (Phi) is 4.97. The third kappa shape index (κ3) is 3.87. The topological polar surface area (TPSA) is 99.2 Å². The third-order valence-electron chi connectivity index (χ3n) is 5.80. The van der Waals surface area contributed by atoms with E-state index in [9.17, 15) is 9.59 Å². The monoisotopic (exact) mass is 430 g/mol. The maximum atomic E-state index is 12.1. The number of hydrogen-bond acceptors (Lipinski definition) is 6. The molecular weight excluding hydrogens is 408 g/mol. The average molecular weight is 430 g/mol. The minimum absolute atomic E-state index is 0.0189. The number of nitrogens with one attached hydrogen (secondary N) is 1. The summed E-state index contributed by atoms with van der Waals surface area (Å²) in [5, 5.41) is 12.1. The van der Waals surface area contributed by atoms with E-state index in [1.807, 2.05) is 44.2 Å².